The summed E-state index contributed by atoms with van der Waals surface area (Å²) in [7, 11) is -3.45. The number of nitrogens with one attached hydrogen (secondary N) is 1. The van der Waals surface area contributed by atoms with Crippen molar-refractivity contribution >= 4 is 10.0 Å². The van der Waals surface area contributed by atoms with Gasteiger partial charge in [-0.25, -0.2) is 13.1 Å². The number of nitrogens with zero attached hydrogens (tertiary/aromatic N) is 1. The molecule has 0 unspecified atom stereocenters. The van der Waals surface area contributed by atoms with E-state index in [1.807, 2.05) is 27.7 Å². The van der Waals surface area contributed by atoms with E-state index in [2.05, 4.69) is 15.7 Å². The van der Waals surface area contributed by atoms with Crippen LogP contribution in [0.3, 0.4) is 0 Å². The summed E-state index contributed by atoms with van der Waals surface area (Å²) < 4.78 is 28.3. The van der Waals surface area contributed by atoms with Crippen LogP contribution >= 0.6 is 0 Å². The van der Waals surface area contributed by atoms with Gasteiger partial charge < -0.3 is 4.90 Å². The number of rotatable bonds is 5. The first-order valence-electron chi connectivity index (χ1n) is 8.62. The summed E-state index contributed by atoms with van der Waals surface area (Å²) >= 11 is 0. The molecule has 1 aromatic carbocycles. The standard InChI is InChI=1S/C18H30N2O2S/c1-14-13-15(2)17(4)18(16(14)3)23(21,22)19-9-12-20-10-7-5-6-8-11-20/h13,19H,5-12H2,1-4H3. The van der Waals surface area contributed by atoms with Gasteiger partial charge in [0.05, 0.1) is 4.90 Å². The SMILES string of the molecule is Cc1cc(C)c(C)c(S(=O)(=O)NCCN2CCCCCC2)c1C. The van der Waals surface area contributed by atoms with Gasteiger partial charge in [0.25, 0.3) is 0 Å². The maximum atomic E-state index is 12.8. The van der Waals surface area contributed by atoms with Crippen LogP contribution in [0.25, 0.3) is 0 Å². The number of likely N-dealkylation sites (tertiary alicyclic amines) is 1. The van der Waals surface area contributed by atoms with E-state index in [-0.39, 0.29) is 0 Å². The third-order valence-corrected chi connectivity index (χ3v) is 6.72. The van der Waals surface area contributed by atoms with Crippen LogP contribution in [0.2, 0.25) is 0 Å². The van der Waals surface area contributed by atoms with Crippen LogP contribution in [-0.2, 0) is 10.0 Å². The number of aryl methyl sites for hydroxylation is 2. The second kappa shape index (κ2) is 7.77. The lowest BCUT2D eigenvalue weighted by atomic mass is 10.0. The Balaban J connectivity index is 2.07. The minimum Gasteiger partial charge on any atom is -0.302 e. The molecule has 4 nitrogen and oxygen atoms in total. The molecule has 1 heterocycles. The second-order valence-electron chi connectivity index (χ2n) is 6.74. The zero-order chi connectivity index (χ0) is 17.0. The lowest BCUT2D eigenvalue weighted by molar-refractivity contribution is 0.290. The molecule has 23 heavy (non-hydrogen) atoms. The molecule has 0 spiro atoms. The zero-order valence-electron chi connectivity index (χ0n) is 14.9. The Bertz CT molecular complexity index is 619. The lowest BCUT2D eigenvalue weighted by Crippen LogP contribution is -2.36. The average molecular weight is 339 g/mol. The highest BCUT2D eigenvalue weighted by Crippen LogP contribution is 2.25. The van der Waals surface area contributed by atoms with Gasteiger partial charge in [-0.3, -0.25) is 0 Å². The molecule has 1 aromatic rings. The van der Waals surface area contributed by atoms with Crippen molar-refractivity contribution in [3.63, 3.8) is 0 Å². The second-order valence-corrected chi connectivity index (χ2v) is 8.45. The molecule has 0 radical (unpaired) electrons. The zero-order valence-corrected chi connectivity index (χ0v) is 15.7. The maximum Gasteiger partial charge on any atom is 0.241 e. The van der Waals surface area contributed by atoms with Crippen molar-refractivity contribution in [1.29, 1.82) is 0 Å². The van der Waals surface area contributed by atoms with Gasteiger partial charge in [-0.15, -0.1) is 0 Å². The Morgan fingerprint density at radius 2 is 1.48 bits per heavy atom. The van der Waals surface area contributed by atoms with Crippen molar-refractivity contribution in [3.8, 4) is 0 Å². The summed E-state index contributed by atoms with van der Waals surface area (Å²) in [5.74, 6) is 0. The Kier molecular flexibility index (Phi) is 6.23. The van der Waals surface area contributed by atoms with E-state index in [4.69, 9.17) is 0 Å². The predicted octanol–water partition coefficient (Wildman–Crippen LogP) is 3.07. The summed E-state index contributed by atoms with van der Waals surface area (Å²) in [5, 5.41) is 0. The summed E-state index contributed by atoms with van der Waals surface area (Å²) in [5.41, 5.74) is 3.77. The van der Waals surface area contributed by atoms with Crippen molar-refractivity contribution in [1.82, 2.24) is 9.62 Å². The third kappa shape index (κ3) is 4.55. The van der Waals surface area contributed by atoms with E-state index in [9.17, 15) is 8.42 Å². The predicted molar refractivity (Wildman–Crippen MR) is 95.5 cm³/mol. The molecule has 130 valence electrons. The van der Waals surface area contributed by atoms with E-state index >= 15 is 0 Å². The first-order valence-corrected chi connectivity index (χ1v) is 10.1. The first kappa shape index (κ1) is 18.4. The van der Waals surface area contributed by atoms with Crippen molar-refractivity contribution < 1.29 is 8.42 Å². The fourth-order valence-electron chi connectivity index (χ4n) is 3.35. The minimum atomic E-state index is -3.45. The van der Waals surface area contributed by atoms with Crippen LogP contribution in [0.15, 0.2) is 11.0 Å². The van der Waals surface area contributed by atoms with Crippen LogP contribution in [-0.4, -0.2) is 39.5 Å². The Labute approximate surface area is 141 Å². The maximum absolute atomic E-state index is 12.8. The fraction of sp³-hybridized carbons (Fsp3) is 0.667. The van der Waals surface area contributed by atoms with Crippen LogP contribution in [0.1, 0.15) is 47.9 Å². The van der Waals surface area contributed by atoms with E-state index in [1.165, 1.54) is 25.7 Å². The van der Waals surface area contributed by atoms with Gasteiger partial charge >= 0.3 is 0 Å². The Hall–Kier alpha value is -0.910. The van der Waals surface area contributed by atoms with Gasteiger partial charge in [-0.05, 0) is 75.9 Å². The summed E-state index contributed by atoms with van der Waals surface area (Å²) in [6.45, 7) is 11.2. The van der Waals surface area contributed by atoms with Gasteiger partial charge in [0.15, 0.2) is 0 Å². The summed E-state index contributed by atoms with van der Waals surface area (Å²) in [6, 6.07) is 2.06. The van der Waals surface area contributed by atoms with E-state index in [1.54, 1.807) is 0 Å². The molecule has 0 bridgehead atoms. The minimum absolute atomic E-state index is 0.464. The van der Waals surface area contributed by atoms with Crippen molar-refractivity contribution in [2.24, 2.45) is 0 Å². The molecule has 1 N–H and O–H groups in total. The smallest absolute Gasteiger partial charge is 0.241 e. The molecule has 2 rings (SSSR count). The molecule has 0 saturated carbocycles. The lowest BCUT2D eigenvalue weighted by Gasteiger charge is -2.21. The van der Waals surface area contributed by atoms with Crippen LogP contribution in [0, 0.1) is 27.7 Å². The molecule has 0 aromatic heterocycles. The molecule has 5 heteroatoms. The van der Waals surface area contributed by atoms with Crippen molar-refractivity contribution in [2.75, 3.05) is 26.2 Å². The van der Waals surface area contributed by atoms with Crippen LogP contribution in [0.4, 0.5) is 0 Å². The first-order chi connectivity index (χ1) is 10.8. The topological polar surface area (TPSA) is 49.4 Å². The number of hydrogen-bond donors (Lipinski definition) is 1. The highest BCUT2D eigenvalue weighted by molar-refractivity contribution is 7.89. The van der Waals surface area contributed by atoms with Crippen LogP contribution in [0.5, 0.6) is 0 Å². The molecule has 0 aliphatic carbocycles. The van der Waals surface area contributed by atoms with Gasteiger partial charge in [0, 0.05) is 13.1 Å². The molecule has 0 amide bonds. The highest BCUT2D eigenvalue weighted by Gasteiger charge is 2.22. The third-order valence-electron chi connectivity index (χ3n) is 4.98. The van der Waals surface area contributed by atoms with Gasteiger partial charge in [0.1, 0.15) is 0 Å². The number of sulfonamides is 1. The van der Waals surface area contributed by atoms with E-state index < -0.39 is 10.0 Å². The quantitative estimate of drug-likeness (QED) is 0.897. The Morgan fingerprint density at radius 1 is 0.957 bits per heavy atom. The molecular weight excluding hydrogens is 308 g/mol. The highest BCUT2D eigenvalue weighted by atomic mass is 32.2. The Morgan fingerprint density at radius 3 is 2.00 bits per heavy atom. The van der Waals surface area contributed by atoms with Crippen molar-refractivity contribution in [3.05, 3.63) is 28.3 Å². The summed E-state index contributed by atoms with van der Waals surface area (Å²) in [6.07, 6.45) is 5.04. The van der Waals surface area contributed by atoms with Crippen molar-refractivity contribution in [2.45, 2.75) is 58.3 Å². The molecule has 1 saturated heterocycles. The largest absolute Gasteiger partial charge is 0.302 e. The average Bonchev–Trinajstić information content (AvgIpc) is 2.74. The van der Waals surface area contributed by atoms with Crippen LogP contribution < -0.4 is 4.72 Å². The molecule has 1 aliphatic heterocycles. The van der Waals surface area contributed by atoms with Gasteiger partial charge in [0.2, 0.25) is 10.0 Å². The number of hydrogen-bond acceptors (Lipinski definition) is 3. The van der Waals surface area contributed by atoms with Gasteiger partial charge in [-0.2, -0.15) is 0 Å². The molecule has 0 atom stereocenters. The van der Waals surface area contributed by atoms with E-state index in [0.717, 1.165) is 41.9 Å². The number of benzene rings is 1. The van der Waals surface area contributed by atoms with Gasteiger partial charge in [-0.1, -0.05) is 18.9 Å². The molecule has 1 fully saturated rings. The molecular formula is C18H30N2O2S. The van der Waals surface area contributed by atoms with E-state index in [0.29, 0.717) is 11.4 Å². The monoisotopic (exact) mass is 338 g/mol. The summed E-state index contributed by atoms with van der Waals surface area (Å²) in [4.78, 5) is 2.84. The normalized spacial score (nSPS) is 17.2. The fourth-order valence-corrected chi connectivity index (χ4v) is 4.99. The molecule has 1 aliphatic rings.